The van der Waals surface area contributed by atoms with Gasteiger partial charge in [0.15, 0.2) is 0 Å². The highest BCUT2D eigenvalue weighted by Gasteiger charge is 2.32. The lowest BCUT2D eigenvalue weighted by molar-refractivity contribution is -0.137. The van der Waals surface area contributed by atoms with Crippen LogP contribution >= 0.6 is 11.6 Å². The van der Waals surface area contributed by atoms with E-state index in [0.717, 1.165) is 74.0 Å². The number of benzene rings is 1. The summed E-state index contributed by atoms with van der Waals surface area (Å²) in [5, 5.41) is 3.54. The third-order valence-corrected chi connectivity index (χ3v) is 7.52. The number of nitrogens with zero attached hydrogens (tertiary/aromatic N) is 1. The van der Waals surface area contributed by atoms with E-state index in [1.807, 2.05) is 13.0 Å². The molecule has 1 saturated heterocycles. The Kier molecular flexibility index (Phi) is 9.81. The number of carbonyl (C=O) groups excluding carboxylic acids is 1. The molecule has 0 saturated carbocycles. The number of rotatable bonds is 9. The van der Waals surface area contributed by atoms with E-state index >= 15 is 0 Å². The number of nitrogens with one attached hydrogen (secondary N) is 1. The van der Waals surface area contributed by atoms with Crippen LogP contribution in [0.1, 0.15) is 80.5 Å². The fourth-order valence-electron chi connectivity index (χ4n) is 4.84. The highest BCUT2D eigenvalue weighted by atomic mass is 35.5. The average Bonchev–Trinajstić information content (AvgIpc) is 3.14. The van der Waals surface area contributed by atoms with Gasteiger partial charge in [-0.05, 0) is 93.9 Å². The molecule has 2 aliphatic rings. The van der Waals surface area contributed by atoms with Gasteiger partial charge in [0, 0.05) is 29.1 Å². The molecule has 198 valence electrons. The Morgan fingerprint density at radius 2 is 2.00 bits per heavy atom. The molecule has 3 atom stereocenters. The molecule has 1 aliphatic heterocycles. The van der Waals surface area contributed by atoms with Crippen molar-refractivity contribution in [3.63, 3.8) is 0 Å². The number of allylic oxidation sites excluding steroid dienone is 5. The van der Waals surface area contributed by atoms with Gasteiger partial charge in [0.1, 0.15) is 6.17 Å². The van der Waals surface area contributed by atoms with Gasteiger partial charge in [0.25, 0.3) is 5.91 Å². The van der Waals surface area contributed by atoms with Gasteiger partial charge >= 0.3 is 6.18 Å². The number of amides is 1. The predicted molar refractivity (Wildman–Crippen MR) is 137 cm³/mol. The summed E-state index contributed by atoms with van der Waals surface area (Å²) in [5.41, 5.74) is 0.688. The molecule has 0 spiro atoms. The van der Waals surface area contributed by atoms with Gasteiger partial charge in [-0.2, -0.15) is 13.2 Å². The normalized spacial score (nSPS) is 20.8. The van der Waals surface area contributed by atoms with Gasteiger partial charge in [-0.3, -0.25) is 4.79 Å². The number of halogens is 5. The van der Waals surface area contributed by atoms with Crippen molar-refractivity contribution in [2.24, 2.45) is 5.92 Å². The molecule has 0 aromatic heterocycles. The molecular formula is C28H35ClF4N2O. The smallest absolute Gasteiger partial charge is 0.351 e. The van der Waals surface area contributed by atoms with Crippen molar-refractivity contribution >= 4 is 17.5 Å². The molecule has 3 rings (SSSR count). The summed E-state index contributed by atoms with van der Waals surface area (Å²) < 4.78 is 54.0. The first-order valence-corrected chi connectivity index (χ1v) is 13.0. The number of hydrogen-bond acceptors (Lipinski definition) is 2. The Bertz CT molecular complexity index is 1030. The van der Waals surface area contributed by atoms with Crippen molar-refractivity contribution in [3.05, 3.63) is 69.3 Å². The van der Waals surface area contributed by atoms with E-state index in [0.29, 0.717) is 12.5 Å². The molecule has 1 N–H and O–H groups in total. The fraction of sp³-hybridized carbons (Fsp3) is 0.536. The van der Waals surface area contributed by atoms with Crippen LogP contribution in [0.4, 0.5) is 17.6 Å². The van der Waals surface area contributed by atoms with Crippen LogP contribution < -0.4 is 5.32 Å². The van der Waals surface area contributed by atoms with Crippen LogP contribution in [0.15, 0.2) is 52.6 Å². The van der Waals surface area contributed by atoms with E-state index in [-0.39, 0.29) is 23.6 Å². The molecule has 36 heavy (non-hydrogen) atoms. The van der Waals surface area contributed by atoms with Gasteiger partial charge < -0.3 is 10.2 Å². The number of carbonyl (C=O) groups is 1. The lowest BCUT2D eigenvalue weighted by atomic mass is 9.92. The third kappa shape index (κ3) is 7.45. The monoisotopic (exact) mass is 526 g/mol. The van der Waals surface area contributed by atoms with E-state index in [4.69, 9.17) is 11.6 Å². The van der Waals surface area contributed by atoms with Gasteiger partial charge in [0.2, 0.25) is 0 Å². The first-order valence-electron chi connectivity index (χ1n) is 12.6. The lowest BCUT2D eigenvalue weighted by Gasteiger charge is -2.26. The van der Waals surface area contributed by atoms with Crippen LogP contribution in [0.5, 0.6) is 0 Å². The molecule has 0 bridgehead atoms. The standard InChI is InChI=1S/C28H35ClF4N2O/c1-4-20-13-21(8-5-9-26(20)29)22(10-12-35-11-6-7-18(35)2)17-34-27(36)24-14-23(19(3)30)15-25(16-24)28(31,32)33/h8-9,13-16,18-19,22H,4-7,10-12,17H2,1-3H3,(H,34,36). The zero-order valence-corrected chi connectivity index (χ0v) is 21.9. The van der Waals surface area contributed by atoms with Gasteiger partial charge in [0.05, 0.1) is 5.56 Å². The quantitative estimate of drug-likeness (QED) is 0.334. The van der Waals surface area contributed by atoms with Crippen molar-refractivity contribution in [3.8, 4) is 0 Å². The first kappa shape index (κ1) is 28.5. The van der Waals surface area contributed by atoms with Crippen LogP contribution in [-0.4, -0.2) is 36.5 Å². The third-order valence-electron chi connectivity index (χ3n) is 7.12. The average molecular weight is 527 g/mol. The fourth-order valence-corrected chi connectivity index (χ4v) is 5.12. The summed E-state index contributed by atoms with van der Waals surface area (Å²) >= 11 is 6.42. The maximum atomic E-state index is 13.9. The van der Waals surface area contributed by atoms with E-state index in [1.165, 1.54) is 6.07 Å². The summed E-state index contributed by atoms with van der Waals surface area (Å²) in [5.74, 6) is -0.683. The number of hydrogen-bond donors (Lipinski definition) is 1. The van der Waals surface area contributed by atoms with Crippen LogP contribution in [0, 0.1) is 5.92 Å². The molecule has 1 heterocycles. The molecule has 1 aliphatic carbocycles. The summed E-state index contributed by atoms with van der Waals surface area (Å²) in [6.45, 7) is 7.56. The predicted octanol–water partition coefficient (Wildman–Crippen LogP) is 7.75. The topological polar surface area (TPSA) is 32.3 Å². The molecule has 8 heteroatoms. The maximum Gasteiger partial charge on any atom is 0.416 e. The van der Waals surface area contributed by atoms with Crippen molar-refractivity contribution in [1.82, 2.24) is 10.2 Å². The summed E-state index contributed by atoms with van der Waals surface area (Å²) in [7, 11) is 0. The minimum atomic E-state index is -4.67. The Morgan fingerprint density at radius 1 is 1.25 bits per heavy atom. The molecule has 1 aromatic carbocycles. The van der Waals surface area contributed by atoms with E-state index in [2.05, 4.69) is 29.3 Å². The zero-order chi connectivity index (χ0) is 26.5. The Labute approximate surface area is 216 Å². The highest BCUT2D eigenvalue weighted by Crippen LogP contribution is 2.33. The number of alkyl halides is 4. The molecule has 3 nitrogen and oxygen atoms in total. The summed E-state index contributed by atoms with van der Waals surface area (Å²) in [6, 6.07) is 3.24. The number of likely N-dealkylation sites (tertiary alicyclic amines) is 1. The zero-order valence-electron chi connectivity index (χ0n) is 21.1. The van der Waals surface area contributed by atoms with Crippen LogP contribution in [0.25, 0.3) is 0 Å². The van der Waals surface area contributed by atoms with Crippen molar-refractivity contribution in [2.45, 2.75) is 71.3 Å². The molecular weight excluding hydrogens is 492 g/mol. The SMILES string of the molecule is CCC1=CC(C(CCN2CCCC2C)CNC(=O)c2cc(C(C)F)cc(C(F)(F)F)c2)=CCC=C1Cl. The Morgan fingerprint density at radius 3 is 2.61 bits per heavy atom. The highest BCUT2D eigenvalue weighted by molar-refractivity contribution is 6.32. The van der Waals surface area contributed by atoms with Crippen LogP contribution in [-0.2, 0) is 6.18 Å². The summed E-state index contributed by atoms with van der Waals surface area (Å²) in [6.07, 6.45) is 4.39. The second-order valence-corrected chi connectivity index (χ2v) is 10.1. The second-order valence-electron chi connectivity index (χ2n) is 9.70. The van der Waals surface area contributed by atoms with Gasteiger partial charge in [-0.1, -0.05) is 36.8 Å². The van der Waals surface area contributed by atoms with Crippen molar-refractivity contribution < 1.29 is 22.4 Å². The van der Waals surface area contributed by atoms with E-state index in [1.54, 1.807) is 0 Å². The van der Waals surface area contributed by atoms with Crippen LogP contribution in [0.2, 0.25) is 0 Å². The first-order chi connectivity index (χ1) is 17.0. The van der Waals surface area contributed by atoms with Crippen LogP contribution in [0.3, 0.4) is 0 Å². The molecule has 1 fully saturated rings. The molecule has 1 aromatic rings. The van der Waals surface area contributed by atoms with E-state index in [9.17, 15) is 22.4 Å². The maximum absolute atomic E-state index is 13.9. The largest absolute Gasteiger partial charge is 0.416 e. The lowest BCUT2D eigenvalue weighted by Crippen LogP contribution is -2.34. The molecule has 0 radical (unpaired) electrons. The molecule has 3 unspecified atom stereocenters. The minimum absolute atomic E-state index is 0.0374. The summed E-state index contributed by atoms with van der Waals surface area (Å²) in [4.78, 5) is 15.4. The van der Waals surface area contributed by atoms with Crippen molar-refractivity contribution in [2.75, 3.05) is 19.6 Å². The van der Waals surface area contributed by atoms with E-state index < -0.39 is 23.8 Å². The van der Waals surface area contributed by atoms with Gasteiger partial charge in [-0.15, -0.1) is 0 Å². The Hall–Kier alpha value is -2.12. The Balaban J connectivity index is 1.81. The van der Waals surface area contributed by atoms with Crippen molar-refractivity contribution in [1.29, 1.82) is 0 Å². The van der Waals surface area contributed by atoms with Gasteiger partial charge in [-0.25, -0.2) is 4.39 Å². The molecule has 1 amide bonds. The minimum Gasteiger partial charge on any atom is -0.351 e. The second kappa shape index (κ2) is 12.4.